The number of hydrogen-bond acceptors (Lipinski definition) is 2. The van der Waals surface area contributed by atoms with Crippen molar-refractivity contribution in [1.82, 2.24) is 0 Å². The minimum Gasteiger partial charge on any atom is -0.496 e. The maximum Gasteiger partial charge on any atom is 0.125 e. The molecule has 1 aromatic carbocycles. The Morgan fingerprint density at radius 2 is 2.07 bits per heavy atom. The predicted molar refractivity (Wildman–Crippen MR) is 69.5 cm³/mol. The molecule has 0 aromatic heterocycles. The molecule has 0 fully saturated rings. The standard InChI is InChI=1S/C12H17ClOS/c1-9-7-11(13)8-10(12(9)14-2)5-3-4-6-15/h7-8,15H,3-6H2,1-2H3. The number of ether oxygens (including phenoxy) is 1. The van der Waals surface area contributed by atoms with Crippen molar-refractivity contribution in [2.24, 2.45) is 0 Å². The zero-order valence-electron chi connectivity index (χ0n) is 9.22. The molecule has 84 valence electrons. The van der Waals surface area contributed by atoms with Crippen LogP contribution in [0.2, 0.25) is 5.02 Å². The number of aryl methyl sites for hydroxylation is 2. The maximum absolute atomic E-state index is 6.02. The van der Waals surface area contributed by atoms with Gasteiger partial charge in [-0.15, -0.1) is 0 Å². The van der Waals surface area contributed by atoms with Crippen molar-refractivity contribution in [2.45, 2.75) is 26.2 Å². The zero-order chi connectivity index (χ0) is 11.3. The molecule has 0 aliphatic carbocycles. The fourth-order valence-electron chi connectivity index (χ4n) is 1.70. The van der Waals surface area contributed by atoms with Crippen LogP contribution in [0, 0.1) is 6.92 Å². The van der Waals surface area contributed by atoms with Gasteiger partial charge in [-0.1, -0.05) is 11.6 Å². The summed E-state index contributed by atoms with van der Waals surface area (Å²) in [6.07, 6.45) is 3.25. The van der Waals surface area contributed by atoms with Gasteiger partial charge in [0.2, 0.25) is 0 Å². The Kier molecular flexibility index (Phi) is 5.34. The third-order valence-electron chi connectivity index (χ3n) is 2.37. The first-order valence-corrected chi connectivity index (χ1v) is 6.14. The number of hydrogen-bond donors (Lipinski definition) is 1. The Morgan fingerprint density at radius 3 is 2.67 bits per heavy atom. The molecule has 0 atom stereocenters. The molecule has 1 nitrogen and oxygen atoms in total. The van der Waals surface area contributed by atoms with Crippen molar-refractivity contribution in [2.75, 3.05) is 12.9 Å². The molecule has 3 heteroatoms. The molecule has 0 aliphatic heterocycles. The largest absolute Gasteiger partial charge is 0.496 e. The third-order valence-corrected chi connectivity index (χ3v) is 2.91. The molecule has 1 aromatic rings. The van der Waals surface area contributed by atoms with Gasteiger partial charge in [0.25, 0.3) is 0 Å². The number of unbranched alkanes of at least 4 members (excludes halogenated alkanes) is 1. The molecule has 0 radical (unpaired) electrons. The van der Waals surface area contributed by atoms with Gasteiger partial charge >= 0.3 is 0 Å². The highest BCUT2D eigenvalue weighted by Gasteiger charge is 2.07. The van der Waals surface area contributed by atoms with Gasteiger partial charge in [-0.05, 0) is 55.2 Å². The summed E-state index contributed by atoms with van der Waals surface area (Å²) >= 11 is 10.2. The molecule has 0 aliphatic rings. The van der Waals surface area contributed by atoms with Crippen LogP contribution in [-0.2, 0) is 6.42 Å². The second-order valence-corrected chi connectivity index (χ2v) is 4.48. The van der Waals surface area contributed by atoms with Crippen LogP contribution < -0.4 is 4.74 Å². The minimum absolute atomic E-state index is 0.786. The van der Waals surface area contributed by atoms with E-state index >= 15 is 0 Å². The van der Waals surface area contributed by atoms with Crippen LogP contribution in [0.15, 0.2) is 12.1 Å². The van der Waals surface area contributed by atoms with Gasteiger partial charge in [-0.2, -0.15) is 12.6 Å². The van der Waals surface area contributed by atoms with Crippen molar-refractivity contribution < 1.29 is 4.74 Å². The topological polar surface area (TPSA) is 9.23 Å². The van der Waals surface area contributed by atoms with Gasteiger partial charge in [-0.3, -0.25) is 0 Å². The first kappa shape index (κ1) is 12.7. The second-order valence-electron chi connectivity index (χ2n) is 3.60. The van der Waals surface area contributed by atoms with Crippen molar-refractivity contribution >= 4 is 24.2 Å². The average Bonchev–Trinajstić information content (AvgIpc) is 2.17. The third kappa shape index (κ3) is 3.62. The molecule has 0 unspecified atom stereocenters. The highest BCUT2D eigenvalue weighted by Crippen LogP contribution is 2.28. The Labute approximate surface area is 102 Å². The van der Waals surface area contributed by atoms with Gasteiger partial charge in [-0.25, -0.2) is 0 Å². The predicted octanol–water partition coefficient (Wildman–Crippen LogP) is 3.91. The van der Waals surface area contributed by atoms with Gasteiger partial charge in [0, 0.05) is 5.02 Å². The van der Waals surface area contributed by atoms with Crippen LogP contribution in [0.25, 0.3) is 0 Å². The van der Waals surface area contributed by atoms with E-state index in [9.17, 15) is 0 Å². The summed E-state index contributed by atoms with van der Waals surface area (Å²) in [5.41, 5.74) is 2.30. The molecular formula is C12H17ClOS. The van der Waals surface area contributed by atoms with Crippen molar-refractivity contribution in [3.63, 3.8) is 0 Å². The lowest BCUT2D eigenvalue weighted by molar-refractivity contribution is 0.406. The summed E-state index contributed by atoms with van der Waals surface area (Å²) < 4.78 is 5.38. The quantitative estimate of drug-likeness (QED) is 0.610. The van der Waals surface area contributed by atoms with Crippen LogP contribution in [0.4, 0.5) is 0 Å². The number of methoxy groups -OCH3 is 1. The normalized spacial score (nSPS) is 10.4. The number of halogens is 1. The Bertz CT molecular complexity index is 326. The first-order chi connectivity index (χ1) is 7.19. The van der Waals surface area contributed by atoms with Gasteiger partial charge in [0.1, 0.15) is 5.75 Å². The highest BCUT2D eigenvalue weighted by molar-refractivity contribution is 7.80. The smallest absolute Gasteiger partial charge is 0.125 e. The van der Waals surface area contributed by atoms with E-state index < -0.39 is 0 Å². The summed E-state index contributed by atoms with van der Waals surface area (Å²) in [4.78, 5) is 0. The highest BCUT2D eigenvalue weighted by atomic mass is 35.5. The summed E-state index contributed by atoms with van der Waals surface area (Å²) in [5.74, 6) is 1.90. The van der Waals surface area contributed by atoms with Gasteiger partial charge in [0.15, 0.2) is 0 Å². The lowest BCUT2D eigenvalue weighted by Crippen LogP contribution is -1.96. The second kappa shape index (κ2) is 6.29. The molecule has 0 spiro atoms. The van der Waals surface area contributed by atoms with Crippen LogP contribution in [0.1, 0.15) is 24.0 Å². The summed E-state index contributed by atoms with van der Waals surface area (Å²) in [6.45, 7) is 2.02. The molecule has 15 heavy (non-hydrogen) atoms. The van der Waals surface area contributed by atoms with Crippen molar-refractivity contribution in [3.05, 3.63) is 28.3 Å². The first-order valence-electron chi connectivity index (χ1n) is 5.13. The molecule has 0 saturated heterocycles. The molecular weight excluding hydrogens is 228 g/mol. The molecule has 0 bridgehead atoms. The molecule has 0 saturated carbocycles. The number of benzene rings is 1. The molecule has 0 heterocycles. The van der Waals surface area contributed by atoms with E-state index in [0.717, 1.165) is 41.4 Å². The van der Waals surface area contributed by atoms with Crippen LogP contribution >= 0.6 is 24.2 Å². The van der Waals surface area contributed by atoms with E-state index in [1.54, 1.807) is 7.11 Å². The lowest BCUT2D eigenvalue weighted by Gasteiger charge is -2.11. The Morgan fingerprint density at radius 1 is 1.33 bits per heavy atom. The van der Waals surface area contributed by atoms with Gasteiger partial charge < -0.3 is 4.74 Å². The van der Waals surface area contributed by atoms with E-state index in [0.29, 0.717) is 0 Å². The van der Waals surface area contributed by atoms with Crippen LogP contribution in [0.3, 0.4) is 0 Å². The molecule has 1 rings (SSSR count). The molecule has 0 amide bonds. The SMILES string of the molecule is COc1c(C)cc(Cl)cc1CCCCS. The number of thiol groups is 1. The van der Waals surface area contributed by atoms with E-state index in [-0.39, 0.29) is 0 Å². The zero-order valence-corrected chi connectivity index (χ0v) is 10.9. The fraction of sp³-hybridized carbons (Fsp3) is 0.500. The summed E-state index contributed by atoms with van der Waals surface area (Å²) in [7, 11) is 1.71. The van der Waals surface area contributed by atoms with E-state index in [1.165, 1.54) is 5.56 Å². The lowest BCUT2D eigenvalue weighted by atomic mass is 10.0. The summed E-state index contributed by atoms with van der Waals surface area (Å²) in [5, 5.41) is 0.786. The Balaban J connectivity index is 2.84. The monoisotopic (exact) mass is 244 g/mol. The van der Waals surface area contributed by atoms with E-state index in [1.807, 2.05) is 19.1 Å². The maximum atomic E-state index is 6.02. The van der Waals surface area contributed by atoms with Crippen molar-refractivity contribution in [1.29, 1.82) is 0 Å². The minimum atomic E-state index is 0.786. The van der Waals surface area contributed by atoms with Crippen LogP contribution in [-0.4, -0.2) is 12.9 Å². The molecule has 0 N–H and O–H groups in total. The van der Waals surface area contributed by atoms with Crippen molar-refractivity contribution in [3.8, 4) is 5.75 Å². The Hall–Kier alpha value is -0.340. The average molecular weight is 245 g/mol. The number of rotatable bonds is 5. The van der Waals surface area contributed by atoms with Gasteiger partial charge in [0.05, 0.1) is 7.11 Å². The van der Waals surface area contributed by atoms with E-state index in [2.05, 4.69) is 12.6 Å². The van der Waals surface area contributed by atoms with E-state index in [4.69, 9.17) is 16.3 Å². The summed E-state index contributed by atoms with van der Waals surface area (Å²) in [6, 6.07) is 3.93. The fourth-order valence-corrected chi connectivity index (χ4v) is 2.22. The van der Waals surface area contributed by atoms with Crippen LogP contribution in [0.5, 0.6) is 5.75 Å².